The Labute approximate surface area is 141 Å². The van der Waals surface area contributed by atoms with E-state index in [1.54, 1.807) is 33.5 Å². The van der Waals surface area contributed by atoms with E-state index in [2.05, 4.69) is 0 Å². The summed E-state index contributed by atoms with van der Waals surface area (Å²) in [7, 11) is 4.81. The number of ether oxygens (including phenoxy) is 3. The smallest absolute Gasteiger partial charge is 0.203 e. The molecule has 0 spiro atoms. The molecule has 5 heteroatoms. The van der Waals surface area contributed by atoms with Crippen LogP contribution in [0.25, 0.3) is 11.1 Å². The van der Waals surface area contributed by atoms with Gasteiger partial charge in [-0.15, -0.1) is 0 Å². The van der Waals surface area contributed by atoms with Crippen molar-refractivity contribution in [2.45, 2.75) is 19.3 Å². The first kappa shape index (κ1) is 16.2. The van der Waals surface area contributed by atoms with Crippen molar-refractivity contribution < 1.29 is 14.2 Å². The molecule has 2 N–H and O–H groups in total. The Morgan fingerprint density at radius 1 is 0.917 bits per heavy atom. The molecule has 126 valence electrons. The lowest BCUT2D eigenvalue weighted by molar-refractivity contribution is 0.324. The number of hydrogen-bond donors (Lipinski definition) is 1. The van der Waals surface area contributed by atoms with E-state index < -0.39 is 0 Å². The fourth-order valence-corrected chi connectivity index (χ4v) is 3.30. The molecular formula is C19H21NO4. The lowest BCUT2D eigenvalue weighted by Crippen LogP contribution is -2.03. The van der Waals surface area contributed by atoms with E-state index in [0.29, 0.717) is 17.2 Å². The van der Waals surface area contributed by atoms with Crippen LogP contribution in [-0.2, 0) is 12.8 Å². The van der Waals surface area contributed by atoms with E-state index in [1.165, 1.54) is 0 Å². The van der Waals surface area contributed by atoms with E-state index in [9.17, 15) is 4.79 Å². The largest absolute Gasteiger partial charge is 0.493 e. The van der Waals surface area contributed by atoms with Gasteiger partial charge < -0.3 is 19.9 Å². The van der Waals surface area contributed by atoms with Crippen molar-refractivity contribution in [2.24, 2.45) is 0 Å². The fourth-order valence-electron chi connectivity index (χ4n) is 3.30. The third-order valence-corrected chi connectivity index (χ3v) is 4.44. The number of fused-ring (bicyclic) bond motifs is 3. The predicted molar refractivity (Wildman–Crippen MR) is 94.2 cm³/mol. The number of methoxy groups -OCH3 is 3. The first-order chi connectivity index (χ1) is 11.6. The number of nitrogens with two attached hydrogens (primary N) is 1. The van der Waals surface area contributed by atoms with Crippen molar-refractivity contribution in [3.63, 3.8) is 0 Å². The van der Waals surface area contributed by atoms with Crippen molar-refractivity contribution in [1.82, 2.24) is 0 Å². The topological polar surface area (TPSA) is 70.8 Å². The summed E-state index contributed by atoms with van der Waals surface area (Å²) in [5.41, 5.74) is 9.88. The Hall–Kier alpha value is -2.69. The molecule has 1 aliphatic rings. The lowest BCUT2D eigenvalue weighted by Gasteiger charge is -2.19. The summed E-state index contributed by atoms with van der Waals surface area (Å²) in [6.45, 7) is 0. The molecule has 0 radical (unpaired) electrons. The monoisotopic (exact) mass is 327 g/mol. The van der Waals surface area contributed by atoms with Gasteiger partial charge in [0.25, 0.3) is 0 Å². The van der Waals surface area contributed by atoms with Crippen LogP contribution in [0.3, 0.4) is 0 Å². The Morgan fingerprint density at radius 3 is 2.29 bits per heavy atom. The molecule has 1 aliphatic carbocycles. The van der Waals surface area contributed by atoms with Gasteiger partial charge in [0, 0.05) is 5.56 Å². The van der Waals surface area contributed by atoms with Crippen LogP contribution >= 0.6 is 0 Å². The second-order valence-corrected chi connectivity index (χ2v) is 5.77. The van der Waals surface area contributed by atoms with Crippen molar-refractivity contribution in [3.8, 4) is 28.4 Å². The fraction of sp³-hybridized carbons (Fsp3) is 0.316. The first-order valence-electron chi connectivity index (χ1n) is 7.85. The number of hydrogen-bond acceptors (Lipinski definition) is 5. The highest BCUT2D eigenvalue weighted by Crippen LogP contribution is 2.48. The molecule has 24 heavy (non-hydrogen) atoms. The van der Waals surface area contributed by atoms with Crippen LogP contribution in [0.5, 0.6) is 17.2 Å². The Kier molecular flexibility index (Phi) is 4.34. The molecule has 0 unspecified atom stereocenters. The van der Waals surface area contributed by atoms with Crippen molar-refractivity contribution in [2.75, 3.05) is 27.1 Å². The quantitative estimate of drug-likeness (QED) is 0.938. The number of rotatable bonds is 3. The SMILES string of the molecule is COc1cc2c(c(OC)c1OC)-c1ccc(N)c(=O)cc1CCC2. The summed E-state index contributed by atoms with van der Waals surface area (Å²) in [5, 5.41) is 0. The van der Waals surface area contributed by atoms with E-state index in [0.717, 1.165) is 41.5 Å². The average molecular weight is 327 g/mol. The number of nitrogen functional groups attached to an aromatic ring is 1. The van der Waals surface area contributed by atoms with E-state index >= 15 is 0 Å². The zero-order chi connectivity index (χ0) is 17.3. The van der Waals surface area contributed by atoms with Gasteiger partial charge in [-0.05, 0) is 54.2 Å². The number of aryl methyl sites for hydroxylation is 2. The molecule has 2 aromatic rings. The van der Waals surface area contributed by atoms with Crippen LogP contribution < -0.4 is 25.4 Å². The first-order valence-corrected chi connectivity index (χ1v) is 7.85. The Morgan fingerprint density at radius 2 is 1.62 bits per heavy atom. The van der Waals surface area contributed by atoms with Crippen molar-refractivity contribution in [1.29, 1.82) is 0 Å². The standard InChI is InChI=1S/C19H21NO4/c1-22-16-10-12-6-4-5-11-9-15(21)14(20)8-7-13(11)17(12)19(24-3)18(16)23-2/h7-10H,4-6H2,1-3H3,(H2,20,21). The number of benzene rings is 1. The summed E-state index contributed by atoms with van der Waals surface area (Å²) in [6.07, 6.45) is 2.61. The molecule has 0 aromatic heterocycles. The van der Waals surface area contributed by atoms with Crippen LogP contribution in [-0.4, -0.2) is 21.3 Å². The van der Waals surface area contributed by atoms with Gasteiger partial charge >= 0.3 is 0 Å². The molecular weight excluding hydrogens is 306 g/mol. The summed E-state index contributed by atoms with van der Waals surface area (Å²) in [4.78, 5) is 12.1. The van der Waals surface area contributed by atoms with Crippen LogP contribution in [0.15, 0.2) is 29.1 Å². The highest BCUT2D eigenvalue weighted by atomic mass is 16.5. The molecule has 0 fully saturated rings. The molecule has 0 saturated carbocycles. The summed E-state index contributed by atoms with van der Waals surface area (Å²) < 4.78 is 16.6. The highest BCUT2D eigenvalue weighted by Gasteiger charge is 2.25. The molecule has 0 aliphatic heterocycles. The zero-order valence-electron chi connectivity index (χ0n) is 14.1. The molecule has 0 atom stereocenters. The maximum atomic E-state index is 12.1. The second-order valence-electron chi connectivity index (χ2n) is 5.77. The minimum absolute atomic E-state index is 0.154. The van der Waals surface area contributed by atoms with Gasteiger partial charge in [-0.3, -0.25) is 4.79 Å². The summed E-state index contributed by atoms with van der Waals surface area (Å²) >= 11 is 0. The summed E-state index contributed by atoms with van der Waals surface area (Å²) in [5.74, 6) is 1.81. The van der Waals surface area contributed by atoms with Gasteiger partial charge in [0.15, 0.2) is 11.5 Å². The molecule has 0 heterocycles. The van der Waals surface area contributed by atoms with Crippen LogP contribution in [0.2, 0.25) is 0 Å². The molecule has 0 bridgehead atoms. The van der Waals surface area contributed by atoms with E-state index in [1.807, 2.05) is 12.1 Å². The number of anilines is 1. The zero-order valence-corrected chi connectivity index (χ0v) is 14.1. The van der Waals surface area contributed by atoms with Crippen LogP contribution in [0, 0.1) is 0 Å². The predicted octanol–water partition coefficient (Wildman–Crippen LogP) is 2.81. The van der Waals surface area contributed by atoms with Gasteiger partial charge in [0.05, 0.1) is 27.0 Å². The molecule has 5 nitrogen and oxygen atoms in total. The Balaban J connectivity index is 2.41. The van der Waals surface area contributed by atoms with E-state index in [-0.39, 0.29) is 11.1 Å². The van der Waals surface area contributed by atoms with Gasteiger partial charge in [0.2, 0.25) is 11.2 Å². The van der Waals surface area contributed by atoms with Crippen molar-refractivity contribution in [3.05, 3.63) is 45.6 Å². The molecule has 0 amide bonds. The average Bonchev–Trinajstić information content (AvgIpc) is 2.84. The van der Waals surface area contributed by atoms with E-state index in [4.69, 9.17) is 19.9 Å². The third-order valence-electron chi connectivity index (χ3n) is 4.44. The normalized spacial score (nSPS) is 12.6. The third kappa shape index (κ3) is 2.56. The summed E-state index contributed by atoms with van der Waals surface area (Å²) in [6, 6.07) is 7.17. The van der Waals surface area contributed by atoms with Gasteiger partial charge in [-0.2, -0.15) is 0 Å². The molecule has 0 saturated heterocycles. The molecule has 2 aromatic carbocycles. The van der Waals surface area contributed by atoms with Gasteiger partial charge in [-0.1, -0.05) is 6.07 Å². The van der Waals surface area contributed by atoms with Gasteiger partial charge in [-0.25, -0.2) is 0 Å². The van der Waals surface area contributed by atoms with Crippen molar-refractivity contribution >= 4 is 5.69 Å². The minimum Gasteiger partial charge on any atom is -0.493 e. The van der Waals surface area contributed by atoms with Crippen LogP contribution in [0.1, 0.15) is 17.5 Å². The second kappa shape index (κ2) is 6.43. The maximum absolute atomic E-state index is 12.1. The lowest BCUT2D eigenvalue weighted by atomic mass is 9.96. The van der Waals surface area contributed by atoms with Crippen LogP contribution in [0.4, 0.5) is 5.69 Å². The highest BCUT2D eigenvalue weighted by molar-refractivity contribution is 5.82. The molecule has 3 rings (SSSR count). The maximum Gasteiger partial charge on any atom is 0.203 e. The Bertz CT molecular complexity index is 846. The van der Waals surface area contributed by atoms with Gasteiger partial charge in [0.1, 0.15) is 0 Å². The minimum atomic E-state index is -0.154.